The molecule has 21 heavy (non-hydrogen) atoms. The smallest absolute Gasteiger partial charge is 0.274 e. The van der Waals surface area contributed by atoms with Crippen LogP contribution in [0.4, 0.5) is 0 Å². The number of rotatable bonds is 2. The van der Waals surface area contributed by atoms with Crippen molar-refractivity contribution in [1.29, 1.82) is 0 Å². The Morgan fingerprint density at radius 1 is 1.43 bits per heavy atom. The third kappa shape index (κ3) is 2.86. The van der Waals surface area contributed by atoms with Gasteiger partial charge in [0.2, 0.25) is 0 Å². The molecule has 7 heteroatoms. The Balaban J connectivity index is 1.75. The Kier molecular flexibility index (Phi) is 3.55. The highest BCUT2D eigenvalue weighted by molar-refractivity contribution is 5.92. The van der Waals surface area contributed by atoms with Crippen molar-refractivity contribution < 1.29 is 4.79 Å². The summed E-state index contributed by atoms with van der Waals surface area (Å²) in [6.07, 6.45) is 3.74. The van der Waals surface area contributed by atoms with Crippen molar-refractivity contribution in [2.24, 2.45) is 0 Å². The highest BCUT2D eigenvalue weighted by atomic mass is 16.2. The van der Waals surface area contributed by atoms with Crippen LogP contribution in [0.2, 0.25) is 0 Å². The standard InChI is InChI=1S/C14H17N5O2/c1-9-7-15-13(16-9)10-3-2-6-19(8-10)14(21)11-4-5-12(20)18-17-11/h4-5,7,10H,2-3,6,8H2,1H3,(H,15,16)(H,18,20)/t10-/m0/s1. The van der Waals surface area contributed by atoms with Crippen LogP contribution >= 0.6 is 0 Å². The Morgan fingerprint density at radius 2 is 2.29 bits per heavy atom. The summed E-state index contributed by atoms with van der Waals surface area (Å²) in [5.41, 5.74) is 0.982. The highest BCUT2D eigenvalue weighted by Gasteiger charge is 2.27. The monoisotopic (exact) mass is 287 g/mol. The van der Waals surface area contributed by atoms with Crippen molar-refractivity contribution in [3.63, 3.8) is 0 Å². The maximum absolute atomic E-state index is 12.4. The van der Waals surface area contributed by atoms with Gasteiger partial charge in [-0.3, -0.25) is 9.59 Å². The molecule has 0 unspecified atom stereocenters. The molecule has 1 amide bonds. The van der Waals surface area contributed by atoms with Gasteiger partial charge in [0.25, 0.3) is 11.5 Å². The van der Waals surface area contributed by atoms with E-state index in [4.69, 9.17) is 0 Å². The predicted molar refractivity (Wildman–Crippen MR) is 76.1 cm³/mol. The number of carbonyl (C=O) groups excluding carboxylic acids is 1. The molecule has 3 rings (SSSR count). The van der Waals surface area contributed by atoms with Gasteiger partial charge in [-0.2, -0.15) is 5.10 Å². The first-order chi connectivity index (χ1) is 10.1. The number of nitrogens with one attached hydrogen (secondary N) is 2. The van der Waals surface area contributed by atoms with Gasteiger partial charge >= 0.3 is 0 Å². The van der Waals surface area contributed by atoms with E-state index in [-0.39, 0.29) is 23.1 Å². The summed E-state index contributed by atoms with van der Waals surface area (Å²) < 4.78 is 0. The molecule has 1 aliphatic rings. The van der Waals surface area contributed by atoms with E-state index in [1.54, 1.807) is 11.1 Å². The van der Waals surface area contributed by atoms with E-state index < -0.39 is 0 Å². The number of piperidine rings is 1. The number of aromatic nitrogens is 4. The van der Waals surface area contributed by atoms with Crippen LogP contribution in [0.3, 0.4) is 0 Å². The van der Waals surface area contributed by atoms with Gasteiger partial charge in [0, 0.05) is 37.0 Å². The second-order valence-corrected chi connectivity index (χ2v) is 5.35. The number of carbonyl (C=O) groups is 1. The Labute approximate surface area is 121 Å². The third-order valence-electron chi connectivity index (χ3n) is 3.72. The lowest BCUT2D eigenvalue weighted by Crippen LogP contribution is -2.40. The van der Waals surface area contributed by atoms with Gasteiger partial charge < -0.3 is 9.88 Å². The molecule has 1 fully saturated rings. The van der Waals surface area contributed by atoms with Gasteiger partial charge in [-0.25, -0.2) is 10.1 Å². The number of nitrogens with zero attached hydrogens (tertiary/aromatic N) is 3. The van der Waals surface area contributed by atoms with Crippen LogP contribution in [0.5, 0.6) is 0 Å². The quantitative estimate of drug-likeness (QED) is 0.855. The van der Waals surface area contributed by atoms with Gasteiger partial charge in [-0.1, -0.05) is 0 Å². The molecule has 110 valence electrons. The van der Waals surface area contributed by atoms with Crippen LogP contribution in [0.15, 0.2) is 23.1 Å². The number of likely N-dealkylation sites (tertiary alicyclic amines) is 1. The predicted octanol–water partition coefficient (Wildman–Crippen LogP) is 0.821. The fourth-order valence-corrected chi connectivity index (χ4v) is 2.65. The summed E-state index contributed by atoms with van der Waals surface area (Å²) in [5, 5.41) is 6.10. The van der Waals surface area contributed by atoms with E-state index in [9.17, 15) is 9.59 Å². The first-order valence-corrected chi connectivity index (χ1v) is 7.00. The number of aromatic amines is 2. The minimum Gasteiger partial charge on any atom is -0.346 e. The second-order valence-electron chi connectivity index (χ2n) is 5.35. The normalized spacial score (nSPS) is 18.7. The molecule has 3 heterocycles. The average Bonchev–Trinajstić information content (AvgIpc) is 2.94. The van der Waals surface area contributed by atoms with Crippen LogP contribution in [0, 0.1) is 6.92 Å². The minimum absolute atomic E-state index is 0.153. The third-order valence-corrected chi connectivity index (χ3v) is 3.72. The summed E-state index contributed by atoms with van der Waals surface area (Å²) in [5.74, 6) is 0.998. The summed E-state index contributed by atoms with van der Waals surface area (Å²) in [6, 6.07) is 2.78. The molecule has 0 aliphatic carbocycles. The lowest BCUT2D eigenvalue weighted by atomic mass is 9.97. The maximum Gasteiger partial charge on any atom is 0.274 e. The zero-order valence-electron chi connectivity index (χ0n) is 11.8. The Morgan fingerprint density at radius 3 is 2.95 bits per heavy atom. The molecule has 2 aromatic heterocycles. The van der Waals surface area contributed by atoms with Gasteiger partial charge in [0.15, 0.2) is 0 Å². The molecular weight excluding hydrogens is 270 g/mol. The van der Waals surface area contributed by atoms with E-state index in [1.807, 2.05) is 6.92 Å². The molecule has 0 spiro atoms. The largest absolute Gasteiger partial charge is 0.346 e. The van der Waals surface area contributed by atoms with Crippen LogP contribution in [-0.4, -0.2) is 44.1 Å². The van der Waals surface area contributed by atoms with Crippen LogP contribution < -0.4 is 5.56 Å². The van der Waals surface area contributed by atoms with Crippen molar-refractivity contribution in [1.82, 2.24) is 25.1 Å². The molecule has 7 nitrogen and oxygen atoms in total. The molecule has 2 N–H and O–H groups in total. The van der Waals surface area contributed by atoms with Crippen molar-refractivity contribution in [2.75, 3.05) is 13.1 Å². The summed E-state index contributed by atoms with van der Waals surface area (Å²) in [7, 11) is 0. The molecule has 1 aliphatic heterocycles. The van der Waals surface area contributed by atoms with Gasteiger partial charge in [0.05, 0.1) is 0 Å². The number of hydrogen-bond acceptors (Lipinski definition) is 4. The molecule has 1 saturated heterocycles. The topological polar surface area (TPSA) is 94.7 Å². The van der Waals surface area contributed by atoms with E-state index in [1.165, 1.54) is 12.1 Å². The van der Waals surface area contributed by atoms with Crippen LogP contribution in [0.1, 0.15) is 40.8 Å². The highest BCUT2D eigenvalue weighted by Crippen LogP contribution is 2.25. The first-order valence-electron chi connectivity index (χ1n) is 7.00. The molecular formula is C14H17N5O2. The van der Waals surface area contributed by atoms with Gasteiger partial charge in [-0.15, -0.1) is 0 Å². The van der Waals surface area contributed by atoms with Gasteiger partial charge in [-0.05, 0) is 25.8 Å². The summed E-state index contributed by atoms with van der Waals surface area (Å²) in [4.78, 5) is 32.8. The van der Waals surface area contributed by atoms with Gasteiger partial charge in [0.1, 0.15) is 11.5 Å². The summed E-state index contributed by atoms with van der Waals surface area (Å²) >= 11 is 0. The zero-order chi connectivity index (χ0) is 14.8. The molecule has 0 aromatic carbocycles. The molecule has 1 atom stereocenters. The molecule has 2 aromatic rings. The second kappa shape index (κ2) is 5.51. The van der Waals surface area contributed by atoms with E-state index in [2.05, 4.69) is 20.2 Å². The fourth-order valence-electron chi connectivity index (χ4n) is 2.65. The fraction of sp³-hybridized carbons (Fsp3) is 0.429. The number of aryl methyl sites for hydroxylation is 1. The van der Waals surface area contributed by atoms with Crippen LogP contribution in [-0.2, 0) is 0 Å². The van der Waals surface area contributed by atoms with Crippen molar-refractivity contribution in [3.8, 4) is 0 Å². The number of amides is 1. The molecule has 0 saturated carbocycles. The Bertz CT molecular complexity index is 685. The minimum atomic E-state index is -0.311. The molecule has 0 bridgehead atoms. The zero-order valence-corrected chi connectivity index (χ0v) is 11.8. The summed E-state index contributed by atoms with van der Waals surface area (Å²) in [6.45, 7) is 3.29. The van der Waals surface area contributed by atoms with E-state index >= 15 is 0 Å². The SMILES string of the molecule is Cc1cnc([C@H]2CCCN(C(=O)c3ccc(=O)[nH]n3)C2)[nH]1. The first kappa shape index (κ1) is 13.5. The molecule has 0 radical (unpaired) electrons. The number of H-pyrrole nitrogens is 2. The van der Waals surface area contributed by atoms with Crippen molar-refractivity contribution >= 4 is 5.91 Å². The lowest BCUT2D eigenvalue weighted by Gasteiger charge is -2.31. The van der Waals surface area contributed by atoms with Crippen LogP contribution in [0.25, 0.3) is 0 Å². The van der Waals surface area contributed by atoms with Crippen molar-refractivity contribution in [3.05, 3.63) is 45.9 Å². The van der Waals surface area contributed by atoms with E-state index in [0.29, 0.717) is 13.1 Å². The van der Waals surface area contributed by atoms with E-state index in [0.717, 1.165) is 24.4 Å². The maximum atomic E-state index is 12.4. The van der Waals surface area contributed by atoms with Crippen molar-refractivity contribution in [2.45, 2.75) is 25.7 Å². The number of hydrogen-bond donors (Lipinski definition) is 2. The Hall–Kier alpha value is -2.44. The number of imidazole rings is 1. The lowest BCUT2D eigenvalue weighted by molar-refractivity contribution is 0.0697. The average molecular weight is 287 g/mol.